The second-order valence-corrected chi connectivity index (χ2v) is 7.08. The zero-order valence-electron chi connectivity index (χ0n) is 16.1. The first-order valence-electron chi connectivity index (χ1n) is 9.49. The van der Waals surface area contributed by atoms with Crippen LogP contribution in [0.5, 0.6) is 0 Å². The number of nitrogens with zero attached hydrogens (tertiary/aromatic N) is 3. The number of nitrogens with one attached hydrogen (secondary N) is 1. The van der Waals surface area contributed by atoms with E-state index in [0.29, 0.717) is 35.7 Å². The van der Waals surface area contributed by atoms with Gasteiger partial charge in [0.2, 0.25) is 5.91 Å². The predicted octanol–water partition coefficient (Wildman–Crippen LogP) is 3.69. The molecule has 2 heterocycles. The summed E-state index contributed by atoms with van der Waals surface area (Å²) in [5.41, 5.74) is 2.19. The number of amides is 2. The lowest BCUT2D eigenvalue weighted by atomic mass is 10.1. The third-order valence-electron chi connectivity index (χ3n) is 5.05. The van der Waals surface area contributed by atoms with E-state index in [0.717, 1.165) is 18.5 Å². The molecule has 7 heteroatoms. The van der Waals surface area contributed by atoms with Crippen molar-refractivity contribution in [3.8, 4) is 5.69 Å². The number of aromatic nitrogens is 2. The number of carbonyl (C=O) groups is 2. The van der Waals surface area contributed by atoms with E-state index in [1.54, 1.807) is 48.1 Å². The van der Waals surface area contributed by atoms with Crippen LogP contribution < -0.4 is 5.32 Å². The molecule has 0 radical (unpaired) electrons. The highest BCUT2D eigenvalue weighted by Gasteiger charge is 2.20. The molecule has 2 aromatic carbocycles. The minimum atomic E-state index is -0.450. The normalized spacial score (nSPS) is 13.7. The van der Waals surface area contributed by atoms with Gasteiger partial charge in [-0.2, -0.15) is 0 Å². The Balaban J connectivity index is 1.43. The van der Waals surface area contributed by atoms with Crippen LogP contribution in [0, 0.1) is 12.7 Å². The SMILES string of the molecule is Cc1nccn1-c1ccc(NC(=O)c2ccc(CN3CCCC3=O)cc2)cc1F. The maximum atomic E-state index is 14.5. The van der Waals surface area contributed by atoms with Gasteiger partial charge in [0.1, 0.15) is 11.6 Å². The molecule has 6 nitrogen and oxygen atoms in total. The number of hydrogen-bond donors (Lipinski definition) is 1. The van der Waals surface area contributed by atoms with Crippen molar-refractivity contribution in [3.63, 3.8) is 0 Å². The molecular weight excluding hydrogens is 371 g/mol. The monoisotopic (exact) mass is 392 g/mol. The number of anilines is 1. The maximum Gasteiger partial charge on any atom is 0.255 e. The van der Waals surface area contributed by atoms with E-state index in [1.807, 2.05) is 17.0 Å². The summed E-state index contributed by atoms with van der Waals surface area (Å²) in [6, 6.07) is 11.7. The summed E-state index contributed by atoms with van der Waals surface area (Å²) in [6.07, 6.45) is 4.79. The van der Waals surface area contributed by atoms with Crippen molar-refractivity contribution < 1.29 is 14.0 Å². The van der Waals surface area contributed by atoms with E-state index in [2.05, 4.69) is 10.3 Å². The average molecular weight is 392 g/mol. The standard InChI is InChI=1S/C22H21FN4O2/c1-15-24-10-12-27(15)20-9-8-18(13-19(20)23)25-22(29)17-6-4-16(5-7-17)14-26-11-2-3-21(26)28/h4-10,12-13H,2-3,11,14H2,1H3,(H,25,29). The number of hydrogen-bond acceptors (Lipinski definition) is 3. The Bertz CT molecular complexity index is 1060. The summed E-state index contributed by atoms with van der Waals surface area (Å²) in [5.74, 6) is 0.0777. The first-order chi connectivity index (χ1) is 14.0. The molecule has 2 amide bonds. The molecule has 1 fully saturated rings. The largest absolute Gasteiger partial charge is 0.338 e. The van der Waals surface area contributed by atoms with E-state index in [1.165, 1.54) is 6.07 Å². The Morgan fingerprint density at radius 1 is 1.21 bits per heavy atom. The number of benzene rings is 2. The van der Waals surface area contributed by atoms with Gasteiger partial charge < -0.3 is 14.8 Å². The highest BCUT2D eigenvalue weighted by atomic mass is 19.1. The van der Waals surface area contributed by atoms with Crippen LogP contribution in [-0.4, -0.2) is 32.8 Å². The molecule has 0 atom stereocenters. The summed E-state index contributed by atoms with van der Waals surface area (Å²) < 4.78 is 16.1. The molecular formula is C22H21FN4O2. The van der Waals surface area contributed by atoms with Crippen molar-refractivity contribution in [3.05, 3.63) is 77.6 Å². The van der Waals surface area contributed by atoms with Gasteiger partial charge in [-0.25, -0.2) is 9.37 Å². The molecule has 0 spiro atoms. The number of likely N-dealkylation sites (tertiary alicyclic amines) is 1. The van der Waals surface area contributed by atoms with E-state index in [9.17, 15) is 14.0 Å². The lowest BCUT2D eigenvalue weighted by Gasteiger charge is -2.15. The van der Waals surface area contributed by atoms with Crippen molar-refractivity contribution in [2.24, 2.45) is 0 Å². The van der Waals surface area contributed by atoms with Gasteiger partial charge in [-0.05, 0) is 49.2 Å². The summed E-state index contributed by atoms with van der Waals surface area (Å²) in [6.45, 7) is 3.13. The molecule has 1 aliphatic rings. The highest BCUT2D eigenvalue weighted by Crippen LogP contribution is 2.20. The molecule has 0 bridgehead atoms. The fraction of sp³-hybridized carbons (Fsp3) is 0.227. The van der Waals surface area contributed by atoms with Gasteiger partial charge in [-0.3, -0.25) is 9.59 Å². The average Bonchev–Trinajstić information content (AvgIpc) is 3.31. The first kappa shape index (κ1) is 18.9. The van der Waals surface area contributed by atoms with Gasteiger partial charge in [0.05, 0.1) is 5.69 Å². The summed E-state index contributed by atoms with van der Waals surface area (Å²) >= 11 is 0. The molecule has 29 heavy (non-hydrogen) atoms. The summed E-state index contributed by atoms with van der Waals surface area (Å²) in [4.78, 5) is 30.1. The van der Waals surface area contributed by atoms with Crippen LogP contribution in [0.3, 0.4) is 0 Å². The number of carbonyl (C=O) groups excluding carboxylic acids is 2. The van der Waals surface area contributed by atoms with Gasteiger partial charge in [0.25, 0.3) is 5.91 Å². The number of aryl methyl sites for hydroxylation is 1. The first-order valence-corrected chi connectivity index (χ1v) is 9.49. The number of rotatable bonds is 5. The molecule has 0 aliphatic carbocycles. The molecule has 4 rings (SSSR count). The Hall–Kier alpha value is -3.48. The number of halogens is 1. The fourth-order valence-electron chi connectivity index (χ4n) is 3.47. The van der Waals surface area contributed by atoms with Crippen LogP contribution in [0.25, 0.3) is 5.69 Å². The summed E-state index contributed by atoms with van der Waals surface area (Å²) in [5, 5.41) is 2.72. The zero-order valence-corrected chi connectivity index (χ0v) is 16.1. The fourth-order valence-corrected chi connectivity index (χ4v) is 3.47. The van der Waals surface area contributed by atoms with E-state index in [4.69, 9.17) is 0 Å². The minimum absolute atomic E-state index is 0.170. The van der Waals surface area contributed by atoms with Crippen LogP contribution in [0.2, 0.25) is 0 Å². The molecule has 0 unspecified atom stereocenters. The van der Waals surface area contributed by atoms with Crippen molar-refractivity contribution >= 4 is 17.5 Å². The minimum Gasteiger partial charge on any atom is -0.338 e. The third kappa shape index (κ3) is 4.03. The third-order valence-corrected chi connectivity index (χ3v) is 5.05. The van der Waals surface area contributed by atoms with Crippen LogP contribution in [-0.2, 0) is 11.3 Å². The quantitative estimate of drug-likeness (QED) is 0.720. The summed E-state index contributed by atoms with van der Waals surface area (Å²) in [7, 11) is 0. The molecule has 1 N–H and O–H groups in total. The molecule has 1 aromatic heterocycles. The lowest BCUT2D eigenvalue weighted by molar-refractivity contribution is -0.128. The van der Waals surface area contributed by atoms with Crippen molar-refractivity contribution in [1.29, 1.82) is 0 Å². The maximum absolute atomic E-state index is 14.5. The van der Waals surface area contributed by atoms with Crippen molar-refractivity contribution in [2.75, 3.05) is 11.9 Å². The second kappa shape index (κ2) is 7.87. The highest BCUT2D eigenvalue weighted by molar-refractivity contribution is 6.04. The van der Waals surface area contributed by atoms with E-state index in [-0.39, 0.29) is 11.8 Å². The van der Waals surface area contributed by atoms with Gasteiger partial charge in [0.15, 0.2) is 0 Å². The Kier molecular flexibility index (Phi) is 5.12. The smallest absolute Gasteiger partial charge is 0.255 e. The molecule has 1 aliphatic heterocycles. The molecule has 0 saturated carbocycles. The van der Waals surface area contributed by atoms with E-state index < -0.39 is 5.82 Å². The van der Waals surface area contributed by atoms with E-state index >= 15 is 0 Å². The van der Waals surface area contributed by atoms with Crippen LogP contribution >= 0.6 is 0 Å². The van der Waals surface area contributed by atoms with Crippen LogP contribution in [0.15, 0.2) is 54.9 Å². The van der Waals surface area contributed by atoms with Crippen LogP contribution in [0.4, 0.5) is 10.1 Å². The Morgan fingerprint density at radius 3 is 2.62 bits per heavy atom. The van der Waals surface area contributed by atoms with Gasteiger partial charge >= 0.3 is 0 Å². The van der Waals surface area contributed by atoms with Crippen molar-refractivity contribution in [1.82, 2.24) is 14.5 Å². The Labute approximate surface area is 168 Å². The topological polar surface area (TPSA) is 67.2 Å². The zero-order chi connectivity index (χ0) is 20.4. The van der Waals surface area contributed by atoms with Gasteiger partial charge in [-0.1, -0.05) is 12.1 Å². The second-order valence-electron chi connectivity index (χ2n) is 7.08. The molecule has 148 valence electrons. The van der Waals surface area contributed by atoms with Crippen molar-refractivity contribution in [2.45, 2.75) is 26.3 Å². The van der Waals surface area contributed by atoms with Crippen LogP contribution in [0.1, 0.15) is 34.6 Å². The predicted molar refractivity (Wildman–Crippen MR) is 107 cm³/mol. The Morgan fingerprint density at radius 2 is 2.00 bits per heavy atom. The molecule has 3 aromatic rings. The lowest BCUT2D eigenvalue weighted by Crippen LogP contribution is -2.23. The van der Waals surface area contributed by atoms with Gasteiger partial charge in [-0.15, -0.1) is 0 Å². The molecule has 1 saturated heterocycles. The van der Waals surface area contributed by atoms with Gasteiger partial charge in [0, 0.05) is 43.2 Å². The number of imidazole rings is 1.